The molecule has 0 saturated carbocycles. The Morgan fingerprint density at radius 3 is 2.08 bits per heavy atom. The maximum atomic E-state index is 11.3. The van der Waals surface area contributed by atoms with E-state index in [0.29, 0.717) is 0 Å². The summed E-state index contributed by atoms with van der Waals surface area (Å²) in [7, 11) is 0. The molecule has 0 aliphatic heterocycles. The van der Waals surface area contributed by atoms with Crippen LogP contribution >= 0.6 is 12.6 Å². The van der Waals surface area contributed by atoms with Gasteiger partial charge >= 0.3 is 12.3 Å². The molecule has 3 nitrogen and oxygen atoms in total. The zero-order chi connectivity index (χ0) is 9.78. The molecule has 0 radical (unpaired) electrons. The van der Waals surface area contributed by atoms with Crippen LogP contribution in [0.25, 0.3) is 0 Å². The van der Waals surface area contributed by atoms with Crippen LogP contribution in [0.4, 0.5) is 13.2 Å². The van der Waals surface area contributed by atoms with Gasteiger partial charge in [0.05, 0.1) is 6.42 Å². The third-order valence-electron chi connectivity index (χ3n) is 0.773. The normalized spacial score (nSPS) is 11.0. The average Bonchev–Trinajstić information content (AvgIpc) is 1.79. The van der Waals surface area contributed by atoms with Crippen molar-refractivity contribution in [1.29, 1.82) is 0 Å². The van der Waals surface area contributed by atoms with Crippen molar-refractivity contribution >= 4 is 23.7 Å². The van der Waals surface area contributed by atoms with Gasteiger partial charge in [0.1, 0.15) is 0 Å². The molecular formula is C5H5F3O3S. The van der Waals surface area contributed by atoms with E-state index in [2.05, 4.69) is 17.4 Å². The highest BCUT2D eigenvalue weighted by Crippen LogP contribution is 2.17. The van der Waals surface area contributed by atoms with Gasteiger partial charge in [-0.3, -0.25) is 9.59 Å². The number of thiol groups is 1. The molecule has 70 valence electrons. The summed E-state index contributed by atoms with van der Waals surface area (Å²) in [4.78, 5) is 20.3. The molecule has 0 atom stereocenters. The monoisotopic (exact) mass is 202 g/mol. The summed E-state index contributed by atoms with van der Waals surface area (Å²) in [5, 5.41) is -0.658. The molecular weight excluding hydrogens is 197 g/mol. The summed E-state index contributed by atoms with van der Waals surface area (Å²) in [6, 6.07) is 0. The number of esters is 1. The van der Waals surface area contributed by atoms with E-state index in [0.717, 1.165) is 0 Å². The first-order chi connectivity index (χ1) is 5.31. The van der Waals surface area contributed by atoms with Crippen LogP contribution in [0.3, 0.4) is 0 Å². The summed E-state index contributed by atoms with van der Waals surface area (Å²) in [5.74, 6) is -1.48. The van der Waals surface area contributed by atoms with E-state index < -0.39 is 23.9 Å². The Balaban J connectivity index is 3.68. The molecule has 0 aliphatic carbocycles. The van der Waals surface area contributed by atoms with Gasteiger partial charge in [-0.1, -0.05) is 0 Å². The molecule has 0 rings (SSSR count). The van der Waals surface area contributed by atoms with Crippen LogP contribution in [0.5, 0.6) is 0 Å². The minimum absolute atomic E-state index is 0.363. The van der Waals surface area contributed by atoms with Gasteiger partial charge in [0.15, 0.2) is 5.12 Å². The Hall–Kier alpha value is -0.720. The van der Waals surface area contributed by atoms with Crippen LogP contribution in [0.2, 0.25) is 0 Å². The number of hydrogen-bond acceptors (Lipinski definition) is 3. The molecule has 0 fully saturated rings. The number of hydrogen-bond donors (Lipinski definition) is 1. The number of carbonyl (C=O) groups excluding carboxylic acids is 2. The zero-order valence-corrected chi connectivity index (χ0v) is 6.61. The number of carbonyl (C=O) groups is 2. The molecule has 7 heteroatoms. The third kappa shape index (κ3) is 7.39. The Morgan fingerprint density at radius 1 is 1.25 bits per heavy atom. The molecule has 0 spiro atoms. The lowest BCUT2D eigenvalue weighted by Crippen LogP contribution is -2.19. The quantitative estimate of drug-likeness (QED) is 0.553. The largest absolute Gasteiger partial charge is 0.575 e. The van der Waals surface area contributed by atoms with Gasteiger partial charge < -0.3 is 4.74 Å². The minimum Gasteiger partial charge on any atom is -0.373 e. The van der Waals surface area contributed by atoms with Crippen molar-refractivity contribution in [2.45, 2.75) is 19.2 Å². The lowest BCUT2D eigenvalue weighted by atomic mass is 10.3. The van der Waals surface area contributed by atoms with Crippen LogP contribution in [0.1, 0.15) is 12.8 Å². The van der Waals surface area contributed by atoms with Crippen molar-refractivity contribution < 1.29 is 27.5 Å². The molecule has 0 N–H and O–H groups in total. The molecule has 0 aromatic heterocycles. The lowest BCUT2D eigenvalue weighted by Gasteiger charge is -2.05. The second-order valence-electron chi connectivity index (χ2n) is 1.81. The van der Waals surface area contributed by atoms with E-state index in [1.54, 1.807) is 0 Å². The van der Waals surface area contributed by atoms with Crippen molar-refractivity contribution in [3.05, 3.63) is 0 Å². The second kappa shape index (κ2) is 4.34. The average molecular weight is 202 g/mol. The number of halogens is 3. The van der Waals surface area contributed by atoms with Gasteiger partial charge in [-0.2, -0.15) is 0 Å². The minimum atomic E-state index is -4.98. The SMILES string of the molecule is O=C(S)CCC(=O)OC(F)(F)F. The molecule has 12 heavy (non-hydrogen) atoms. The molecule has 0 aliphatic rings. The Bertz CT molecular complexity index is 189. The van der Waals surface area contributed by atoms with E-state index in [1.807, 2.05) is 0 Å². The standard InChI is InChI=1S/C5H5F3O3S/c6-5(7,8)11-3(9)1-2-4(10)12/h1-2H2,(H,10,12). The topological polar surface area (TPSA) is 43.4 Å². The maximum absolute atomic E-state index is 11.3. The van der Waals surface area contributed by atoms with Crippen LogP contribution in [0.15, 0.2) is 0 Å². The highest BCUT2D eigenvalue weighted by Gasteiger charge is 2.33. The predicted octanol–water partition coefficient (Wildman–Crippen LogP) is 1.29. The summed E-state index contributed by atoms with van der Waals surface area (Å²) in [5.41, 5.74) is 0. The van der Waals surface area contributed by atoms with Crippen molar-refractivity contribution in [2.75, 3.05) is 0 Å². The number of rotatable bonds is 3. The second-order valence-corrected chi connectivity index (χ2v) is 2.31. The van der Waals surface area contributed by atoms with Gasteiger partial charge in [-0.25, -0.2) is 0 Å². The van der Waals surface area contributed by atoms with E-state index in [9.17, 15) is 22.8 Å². The molecule has 0 aromatic carbocycles. The Kier molecular flexibility index (Phi) is 4.08. The van der Waals surface area contributed by atoms with Crippen LogP contribution < -0.4 is 0 Å². The first-order valence-corrected chi connectivity index (χ1v) is 3.26. The van der Waals surface area contributed by atoms with Crippen molar-refractivity contribution in [3.8, 4) is 0 Å². The van der Waals surface area contributed by atoms with Crippen LogP contribution in [0, 0.1) is 0 Å². The summed E-state index contributed by atoms with van der Waals surface area (Å²) in [6.45, 7) is 0. The molecule has 0 saturated heterocycles. The van der Waals surface area contributed by atoms with E-state index >= 15 is 0 Å². The lowest BCUT2D eigenvalue weighted by molar-refractivity contribution is -0.305. The fourth-order valence-corrected chi connectivity index (χ4v) is 0.501. The molecule has 0 aromatic rings. The maximum Gasteiger partial charge on any atom is 0.575 e. The van der Waals surface area contributed by atoms with Crippen LogP contribution in [-0.2, 0) is 14.3 Å². The first kappa shape index (κ1) is 11.3. The highest BCUT2D eigenvalue weighted by molar-refractivity contribution is 7.96. The highest BCUT2D eigenvalue weighted by atomic mass is 32.1. The molecule has 0 amide bonds. The predicted molar refractivity (Wildman–Crippen MR) is 35.4 cm³/mol. The van der Waals surface area contributed by atoms with Gasteiger partial charge in [0.2, 0.25) is 0 Å². The van der Waals surface area contributed by atoms with Crippen molar-refractivity contribution in [1.82, 2.24) is 0 Å². The first-order valence-electron chi connectivity index (χ1n) is 2.81. The zero-order valence-electron chi connectivity index (χ0n) is 5.72. The van der Waals surface area contributed by atoms with Gasteiger partial charge in [-0.15, -0.1) is 25.8 Å². The third-order valence-corrected chi connectivity index (χ3v) is 0.996. The van der Waals surface area contributed by atoms with Gasteiger partial charge in [-0.05, 0) is 0 Å². The van der Waals surface area contributed by atoms with E-state index in [-0.39, 0.29) is 6.42 Å². The van der Waals surface area contributed by atoms with Crippen molar-refractivity contribution in [3.63, 3.8) is 0 Å². The Morgan fingerprint density at radius 2 is 1.75 bits per heavy atom. The van der Waals surface area contributed by atoms with Crippen LogP contribution in [-0.4, -0.2) is 17.4 Å². The summed E-state index contributed by atoms with van der Waals surface area (Å²) >= 11 is 3.26. The Labute approximate surface area is 71.3 Å². The molecule has 0 heterocycles. The smallest absolute Gasteiger partial charge is 0.373 e. The summed E-state index contributed by atoms with van der Waals surface area (Å²) in [6.07, 6.45) is -5.95. The number of ether oxygens (including phenoxy) is 1. The van der Waals surface area contributed by atoms with Gasteiger partial charge in [0, 0.05) is 6.42 Å². The summed E-state index contributed by atoms with van der Waals surface area (Å²) < 4.78 is 36.8. The van der Waals surface area contributed by atoms with E-state index in [4.69, 9.17) is 0 Å². The van der Waals surface area contributed by atoms with E-state index in [1.165, 1.54) is 0 Å². The molecule has 0 bridgehead atoms. The van der Waals surface area contributed by atoms with Crippen molar-refractivity contribution in [2.24, 2.45) is 0 Å². The number of alkyl halides is 3. The fourth-order valence-electron chi connectivity index (χ4n) is 0.389. The molecule has 0 unspecified atom stereocenters. The van der Waals surface area contributed by atoms with Gasteiger partial charge in [0.25, 0.3) is 0 Å². The fraction of sp³-hybridized carbons (Fsp3) is 0.600.